The van der Waals surface area contributed by atoms with Crippen molar-refractivity contribution < 1.29 is 42.6 Å². The summed E-state index contributed by atoms with van der Waals surface area (Å²) in [6.45, 7) is 3.45. The maximum Gasteiger partial charge on any atom is 0.245 e. The van der Waals surface area contributed by atoms with Crippen molar-refractivity contribution in [2.24, 2.45) is 0 Å². The minimum Gasteiger partial charge on any atom is -0.399 e. The third-order valence-corrected chi connectivity index (χ3v) is 3.60. The number of amides is 1. The number of nitrogens with one attached hydrogen (secondary N) is 1. The molecule has 1 amide bonds. The predicted octanol–water partition coefficient (Wildman–Crippen LogP) is 2.70. The van der Waals surface area contributed by atoms with Crippen LogP contribution in [0.5, 0.6) is 0 Å². The van der Waals surface area contributed by atoms with E-state index in [-0.39, 0.29) is 32.7 Å². The van der Waals surface area contributed by atoms with E-state index in [2.05, 4.69) is 11.4 Å². The van der Waals surface area contributed by atoms with Gasteiger partial charge in [-0.15, -0.1) is 6.07 Å². The van der Waals surface area contributed by atoms with Crippen LogP contribution < -0.4 is 11.1 Å². The zero-order valence-electron chi connectivity index (χ0n) is 13.5. The van der Waals surface area contributed by atoms with E-state index >= 15 is 0 Å². The van der Waals surface area contributed by atoms with Crippen LogP contribution in [0.25, 0.3) is 0 Å². The van der Waals surface area contributed by atoms with Gasteiger partial charge in [-0.3, -0.25) is 4.79 Å². The Morgan fingerprint density at radius 2 is 1.91 bits per heavy atom. The Balaban J connectivity index is 0.00000264. The molecule has 0 aliphatic carbocycles. The molecule has 119 valence electrons. The molecule has 5 heteroatoms. The van der Waals surface area contributed by atoms with Crippen LogP contribution in [0.15, 0.2) is 42.5 Å². The van der Waals surface area contributed by atoms with Crippen molar-refractivity contribution in [1.29, 1.82) is 0 Å². The molecule has 0 bridgehead atoms. The zero-order valence-corrected chi connectivity index (χ0v) is 16.3. The Bertz CT molecular complexity index is 637. The first-order valence-corrected chi connectivity index (χ1v) is 7.23. The summed E-state index contributed by atoms with van der Waals surface area (Å²) in [7, 11) is 0. The summed E-state index contributed by atoms with van der Waals surface area (Å²) in [5, 5.41) is 13.1. The van der Waals surface area contributed by atoms with Crippen molar-refractivity contribution in [1.82, 2.24) is 0 Å². The molecule has 2 aromatic carbocycles. The van der Waals surface area contributed by atoms with Crippen molar-refractivity contribution in [3.8, 4) is 0 Å². The Labute approximate surface area is 162 Å². The minimum absolute atomic E-state index is 0. The number of hydrogen-bond acceptors (Lipinski definition) is 3. The van der Waals surface area contributed by atoms with Gasteiger partial charge in [-0.2, -0.15) is 23.8 Å². The maximum absolute atomic E-state index is 12.2. The molecule has 4 N–H and O–H groups in total. The maximum atomic E-state index is 12.2. The van der Waals surface area contributed by atoms with Gasteiger partial charge in [0.05, 0.1) is 0 Å². The van der Waals surface area contributed by atoms with Gasteiger partial charge in [-0.05, 0) is 37.5 Å². The van der Waals surface area contributed by atoms with Crippen molar-refractivity contribution in [3.63, 3.8) is 0 Å². The van der Waals surface area contributed by atoms with Gasteiger partial charge >= 0.3 is 0 Å². The van der Waals surface area contributed by atoms with E-state index in [9.17, 15) is 9.90 Å². The summed E-state index contributed by atoms with van der Waals surface area (Å²) in [4.78, 5) is 12.2. The van der Waals surface area contributed by atoms with Crippen molar-refractivity contribution in [3.05, 3.63) is 59.7 Å². The molecular formula is C18H21N2O2Y-. The van der Waals surface area contributed by atoms with E-state index in [1.165, 1.54) is 6.92 Å². The van der Waals surface area contributed by atoms with Crippen LogP contribution in [0.4, 0.5) is 11.4 Å². The smallest absolute Gasteiger partial charge is 0.245 e. The first-order valence-electron chi connectivity index (χ1n) is 7.23. The number of benzene rings is 2. The van der Waals surface area contributed by atoms with Gasteiger partial charge in [0.2, 0.25) is 5.91 Å². The SMILES string of the molecule is Cc1[c-]cc(NC(=O)[C@@](C)(O)CCc2ccc(N)cc2)cc1.[Y]. The van der Waals surface area contributed by atoms with E-state index in [0.29, 0.717) is 24.2 Å². The molecule has 2 aromatic rings. The molecule has 0 aromatic heterocycles. The molecule has 0 saturated heterocycles. The fourth-order valence-electron chi connectivity index (χ4n) is 2.03. The monoisotopic (exact) mass is 386 g/mol. The minimum atomic E-state index is -1.44. The van der Waals surface area contributed by atoms with E-state index in [0.717, 1.165) is 11.1 Å². The largest absolute Gasteiger partial charge is 0.399 e. The van der Waals surface area contributed by atoms with E-state index in [4.69, 9.17) is 5.73 Å². The third-order valence-electron chi connectivity index (χ3n) is 3.60. The molecule has 0 unspecified atom stereocenters. The standard InChI is InChI=1S/C18H21N2O2.Y/c1-13-3-9-16(10-4-13)20-17(21)18(2,22)12-11-14-5-7-15(19)8-6-14;/h3,5-10,22H,11-12,19H2,1-2H3,(H,20,21);/q-1;/t18-;/m0./s1. The second-order valence-corrected chi connectivity index (χ2v) is 5.73. The third kappa shape index (κ3) is 6.06. The molecular weight excluding hydrogens is 365 g/mol. The molecule has 0 aliphatic rings. The number of aryl methyl sites for hydroxylation is 2. The van der Waals surface area contributed by atoms with E-state index < -0.39 is 11.5 Å². The van der Waals surface area contributed by atoms with Gasteiger partial charge in [0.1, 0.15) is 5.60 Å². The molecule has 4 nitrogen and oxygen atoms in total. The fraction of sp³-hybridized carbons (Fsp3) is 0.278. The molecule has 0 aliphatic heterocycles. The van der Waals surface area contributed by atoms with Crippen molar-refractivity contribution in [2.45, 2.75) is 32.3 Å². The topological polar surface area (TPSA) is 75.3 Å². The Hall–Kier alpha value is -1.23. The molecule has 2 rings (SSSR count). The summed E-state index contributed by atoms with van der Waals surface area (Å²) >= 11 is 0. The first kappa shape index (κ1) is 19.8. The molecule has 1 radical (unpaired) electrons. The first-order chi connectivity index (χ1) is 10.4. The summed E-state index contributed by atoms with van der Waals surface area (Å²) in [6.07, 6.45) is 0.930. The predicted molar refractivity (Wildman–Crippen MR) is 88.4 cm³/mol. The van der Waals surface area contributed by atoms with Gasteiger partial charge in [-0.1, -0.05) is 24.7 Å². The normalized spacial score (nSPS) is 12.8. The van der Waals surface area contributed by atoms with Gasteiger partial charge in [0.15, 0.2) is 0 Å². The number of anilines is 2. The molecule has 0 saturated carbocycles. The van der Waals surface area contributed by atoms with Crippen LogP contribution in [0.3, 0.4) is 0 Å². The van der Waals surface area contributed by atoms with Crippen LogP contribution in [-0.2, 0) is 43.9 Å². The van der Waals surface area contributed by atoms with Gasteiger partial charge in [-0.25, -0.2) is 0 Å². The number of aliphatic hydroxyl groups is 1. The summed E-state index contributed by atoms with van der Waals surface area (Å²) in [6, 6.07) is 15.8. The summed E-state index contributed by atoms with van der Waals surface area (Å²) in [5.41, 5.74) is 7.55. The van der Waals surface area contributed by atoms with Crippen molar-refractivity contribution in [2.75, 3.05) is 11.1 Å². The molecule has 0 fully saturated rings. The Kier molecular flexibility index (Phi) is 7.39. The number of nitrogens with two attached hydrogens (primary N) is 1. The summed E-state index contributed by atoms with van der Waals surface area (Å²) in [5.74, 6) is -0.416. The van der Waals surface area contributed by atoms with Crippen molar-refractivity contribution >= 4 is 17.3 Å². The van der Waals surface area contributed by atoms with Crippen LogP contribution in [-0.4, -0.2) is 16.6 Å². The number of hydrogen-bond donors (Lipinski definition) is 3. The van der Waals surface area contributed by atoms with Gasteiger partial charge in [0.25, 0.3) is 0 Å². The van der Waals surface area contributed by atoms with E-state index in [1.807, 2.05) is 37.3 Å². The van der Waals surface area contributed by atoms with Gasteiger partial charge in [0, 0.05) is 38.4 Å². The number of rotatable bonds is 5. The van der Waals surface area contributed by atoms with Crippen LogP contribution >= 0.6 is 0 Å². The number of carbonyl (C=O) groups is 1. The Morgan fingerprint density at radius 1 is 1.26 bits per heavy atom. The second kappa shape index (κ2) is 8.58. The molecule has 0 heterocycles. The Morgan fingerprint density at radius 3 is 2.48 bits per heavy atom. The van der Waals surface area contributed by atoms with Crippen LogP contribution in [0.2, 0.25) is 0 Å². The number of nitrogen functional groups attached to an aromatic ring is 1. The zero-order chi connectivity index (χ0) is 16.2. The molecule has 0 spiro atoms. The van der Waals surface area contributed by atoms with Crippen LogP contribution in [0, 0.1) is 13.0 Å². The number of carbonyl (C=O) groups excluding carboxylic acids is 1. The van der Waals surface area contributed by atoms with Gasteiger partial charge < -0.3 is 16.2 Å². The average molecular weight is 386 g/mol. The van der Waals surface area contributed by atoms with Crippen LogP contribution in [0.1, 0.15) is 24.5 Å². The summed E-state index contributed by atoms with van der Waals surface area (Å²) < 4.78 is 0. The fourth-order valence-corrected chi connectivity index (χ4v) is 2.03. The average Bonchev–Trinajstić information content (AvgIpc) is 2.49. The van der Waals surface area contributed by atoms with E-state index in [1.54, 1.807) is 12.1 Å². The molecule has 1 atom stereocenters. The quantitative estimate of drug-likeness (QED) is 0.546. The second-order valence-electron chi connectivity index (χ2n) is 5.73. The molecule has 23 heavy (non-hydrogen) atoms.